The van der Waals surface area contributed by atoms with Crippen LogP contribution in [0.3, 0.4) is 0 Å². The van der Waals surface area contributed by atoms with Crippen LogP contribution in [0.25, 0.3) is 0 Å². The van der Waals surface area contributed by atoms with E-state index in [2.05, 4.69) is 4.74 Å². The van der Waals surface area contributed by atoms with Gasteiger partial charge in [-0.3, -0.25) is 4.79 Å². The minimum absolute atomic E-state index is 0.228. The maximum Gasteiger partial charge on any atom is 0.308 e. The summed E-state index contributed by atoms with van der Waals surface area (Å²) in [7, 11) is 0. The summed E-state index contributed by atoms with van der Waals surface area (Å²) in [5, 5.41) is 0. The van der Waals surface area contributed by atoms with E-state index in [1.54, 1.807) is 13.8 Å². The topological polar surface area (TPSA) is 26.3 Å². The van der Waals surface area contributed by atoms with Crippen molar-refractivity contribution in [2.75, 3.05) is 6.61 Å². The van der Waals surface area contributed by atoms with Crippen molar-refractivity contribution in [2.24, 2.45) is 5.92 Å². The minimum atomic E-state index is -2.24. The first kappa shape index (κ1) is 4.31. The highest BCUT2D eigenvalue weighted by Gasteiger charge is 2.09. The quantitative estimate of drug-likeness (QED) is 0.546. The van der Waals surface area contributed by atoms with Crippen LogP contribution in [0.15, 0.2) is 0 Å². The summed E-state index contributed by atoms with van der Waals surface area (Å²) in [4.78, 5) is 11.0. The number of hydrogen-bond acceptors (Lipinski definition) is 2. The van der Waals surface area contributed by atoms with Crippen LogP contribution < -0.4 is 0 Å². The van der Waals surface area contributed by atoms with Gasteiger partial charge in [-0.25, -0.2) is 0 Å². The van der Waals surface area contributed by atoms with Gasteiger partial charge < -0.3 is 4.74 Å². The summed E-state index contributed by atoms with van der Waals surface area (Å²) >= 11 is 0. The van der Waals surface area contributed by atoms with Crippen molar-refractivity contribution >= 4 is 5.97 Å². The zero-order valence-corrected chi connectivity index (χ0v) is 5.81. The summed E-state index contributed by atoms with van der Waals surface area (Å²) in [6.45, 7) is 1.31. The fourth-order valence-corrected chi connectivity index (χ4v) is 0.410. The Hall–Kier alpha value is -0.530. The molecule has 0 fully saturated rings. The van der Waals surface area contributed by atoms with Gasteiger partial charge in [-0.05, 0) is 13.3 Å². The van der Waals surface area contributed by atoms with Gasteiger partial charge in [0, 0.05) is 4.11 Å². The molecule has 0 amide bonds. The maximum absolute atomic E-state index is 11.0. The van der Waals surface area contributed by atoms with Gasteiger partial charge in [-0.1, -0.05) is 13.8 Å². The van der Waals surface area contributed by atoms with Gasteiger partial charge in [0.15, 0.2) is 0 Å². The van der Waals surface area contributed by atoms with Gasteiger partial charge in [0.25, 0.3) is 0 Å². The molecule has 0 aromatic rings. The maximum atomic E-state index is 11.0. The number of carbonyl (C=O) groups excluding carboxylic acids is 1. The highest BCUT2D eigenvalue weighted by Crippen LogP contribution is 2.01. The van der Waals surface area contributed by atoms with Crippen LogP contribution >= 0.6 is 0 Å². The summed E-state index contributed by atoms with van der Waals surface area (Å²) in [6.07, 6.45) is 0.287. The number of ether oxygens (including phenoxy) is 1. The summed E-state index contributed by atoms with van der Waals surface area (Å²) < 4.78 is 25.7. The molecule has 1 unspecified atom stereocenters. The van der Waals surface area contributed by atoms with Crippen molar-refractivity contribution < 1.29 is 13.6 Å². The first-order valence-corrected chi connectivity index (χ1v) is 3.10. The molecule has 0 spiro atoms. The number of rotatable bonds is 3. The Morgan fingerprint density at radius 1 is 1.78 bits per heavy atom. The fourth-order valence-electron chi connectivity index (χ4n) is 0.410. The molecule has 9 heavy (non-hydrogen) atoms. The lowest BCUT2D eigenvalue weighted by atomic mass is 10.1. The molecule has 2 nitrogen and oxygen atoms in total. The number of esters is 1. The Morgan fingerprint density at radius 3 is 2.78 bits per heavy atom. The molecule has 0 saturated carbocycles. The van der Waals surface area contributed by atoms with Crippen LogP contribution in [0.2, 0.25) is 0 Å². The normalized spacial score (nSPS) is 19.1. The first-order chi connectivity index (χ1) is 5.43. The van der Waals surface area contributed by atoms with Crippen molar-refractivity contribution in [2.45, 2.75) is 27.1 Å². The van der Waals surface area contributed by atoms with Gasteiger partial charge >= 0.3 is 5.97 Å². The van der Waals surface area contributed by atoms with E-state index in [0.29, 0.717) is 0 Å². The largest absolute Gasteiger partial charge is 0.466 e. The molecule has 54 valence electrons. The molecule has 0 heterocycles. The summed E-state index contributed by atoms with van der Waals surface area (Å²) in [6, 6.07) is 0. The molecule has 2 heteroatoms. The van der Waals surface area contributed by atoms with Crippen LogP contribution in [0.5, 0.6) is 0 Å². The molecule has 0 bridgehead atoms. The van der Waals surface area contributed by atoms with Crippen LogP contribution in [0, 0.1) is 5.92 Å². The Labute approximate surface area is 60.4 Å². The highest BCUT2D eigenvalue weighted by molar-refractivity contribution is 5.71. The Bertz CT molecular complexity index is 153. The fraction of sp³-hybridized carbons (Fsp3) is 0.857. The summed E-state index contributed by atoms with van der Waals surface area (Å²) in [5.74, 6) is -1.60. The van der Waals surface area contributed by atoms with E-state index in [1.165, 1.54) is 0 Å². The molecule has 0 aliphatic carbocycles. The van der Waals surface area contributed by atoms with E-state index in [-0.39, 0.29) is 13.0 Å². The molecule has 0 saturated heterocycles. The van der Waals surface area contributed by atoms with Gasteiger partial charge in [0.05, 0.1) is 12.5 Å². The van der Waals surface area contributed by atoms with Crippen LogP contribution in [0.4, 0.5) is 0 Å². The Morgan fingerprint density at radius 2 is 2.44 bits per heavy atom. The van der Waals surface area contributed by atoms with Crippen molar-refractivity contribution in [1.82, 2.24) is 0 Å². The molecule has 0 aliphatic rings. The average molecular weight is 133 g/mol. The lowest BCUT2D eigenvalue weighted by molar-refractivity contribution is -0.147. The van der Waals surface area contributed by atoms with E-state index in [9.17, 15) is 4.79 Å². The molecule has 0 N–H and O–H groups in total. The second-order valence-corrected chi connectivity index (χ2v) is 1.71. The molecule has 0 aromatic carbocycles. The molecular formula is C7H14O2. The zero-order chi connectivity index (χ0) is 9.78. The zero-order valence-electron chi connectivity index (χ0n) is 8.81. The second kappa shape index (κ2) is 4.36. The molecule has 0 rings (SSSR count). The average Bonchev–Trinajstić information content (AvgIpc) is 1.85. The minimum Gasteiger partial charge on any atom is -0.466 e. The molecule has 0 aromatic heterocycles. The third kappa shape index (κ3) is 3.12. The van der Waals surface area contributed by atoms with Crippen molar-refractivity contribution in [3.63, 3.8) is 0 Å². The summed E-state index contributed by atoms with van der Waals surface area (Å²) in [5.41, 5.74) is 0. The predicted molar refractivity (Wildman–Crippen MR) is 36.1 cm³/mol. The van der Waals surface area contributed by atoms with Crippen molar-refractivity contribution in [3.05, 3.63) is 0 Å². The third-order valence-electron chi connectivity index (χ3n) is 0.979. The SMILES string of the molecule is [2H]C([2H])([2H])C(CC)C(=O)OCC. The standard InChI is InChI=1S/C7H14O2/c1-4-6(3)7(8)9-5-2/h6H,4-5H2,1-3H3/i3D3. The van der Waals surface area contributed by atoms with Crippen molar-refractivity contribution in [3.8, 4) is 0 Å². The Kier molecular flexibility index (Phi) is 2.09. The van der Waals surface area contributed by atoms with E-state index in [4.69, 9.17) is 4.11 Å². The van der Waals surface area contributed by atoms with Gasteiger partial charge in [-0.15, -0.1) is 0 Å². The first-order valence-electron chi connectivity index (χ1n) is 4.60. The predicted octanol–water partition coefficient (Wildman–Crippen LogP) is 1.60. The van der Waals surface area contributed by atoms with Crippen molar-refractivity contribution in [1.29, 1.82) is 0 Å². The lowest BCUT2D eigenvalue weighted by Gasteiger charge is -2.05. The van der Waals surface area contributed by atoms with E-state index in [1.807, 2.05) is 0 Å². The third-order valence-corrected chi connectivity index (χ3v) is 0.979. The molecular weight excluding hydrogens is 116 g/mol. The van der Waals surface area contributed by atoms with Gasteiger partial charge in [0.1, 0.15) is 0 Å². The van der Waals surface area contributed by atoms with E-state index < -0.39 is 18.7 Å². The molecule has 0 aliphatic heterocycles. The highest BCUT2D eigenvalue weighted by atomic mass is 16.5. The van der Waals surface area contributed by atoms with Gasteiger partial charge in [0.2, 0.25) is 0 Å². The monoisotopic (exact) mass is 133 g/mol. The number of hydrogen-bond donors (Lipinski definition) is 0. The lowest BCUT2D eigenvalue weighted by Crippen LogP contribution is -2.13. The van der Waals surface area contributed by atoms with Crippen LogP contribution in [0.1, 0.15) is 31.2 Å². The van der Waals surface area contributed by atoms with E-state index in [0.717, 1.165) is 0 Å². The van der Waals surface area contributed by atoms with Crippen LogP contribution in [-0.4, -0.2) is 12.6 Å². The smallest absolute Gasteiger partial charge is 0.308 e. The van der Waals surface area contributed by atoms with Crippen LogP contribution in [-0.2, 0) is 9.53 Å². The number of carbonyl (C=O) groups is 1. The van der Waals surface area contributed by atoms with Gasteiger partial charge in [-0.2, -0.15) is 0 Å². The van der Waals surface area contributed by atoms with E-state index >= 15 is 0 Å². The molecule has 1 atom stereocenters. The molecule has 0 radical (unpaired) electrons. The Balaban J connectivity index is 4.25. The second-order valence-electron chi connectivity index (χ2n) is 1.71.